The van der Waals surface area contributed by atoms with Crippen LogP contribution in [0.2, 0.25) is 0 Å². The van der Waals surface area contributed by atoms with Crippen molar-refractivity contribution in [3.05, 3.63) is 42.7 Å². The maximum absolute atomic E-state index is 13.3. The number of rotatable bonds is 4. The average Bonchev–Trinajstić information content (AvgIpc) is 3.32. The van der Waals surface area contributed by atoms with E-state index in [1.165, 1.54) is 6.08 Å². The van der Waals surface area contributed by atoms with E-state index >= 15 is 0 Å². The normalized spacial score (nSPS) is 23.9. The van der Waals surface area contributed by atoms with Crippen molar-refractivity contribution < 1.29 is 13.6 Å². The van der Waals surface area contributed by atoms with Crippen molar-refractivity contribution in [2.24, 2.45) is 12.5 Å². The molecule has 6 nitrogen and oxygen atoms in total. The topological polar surface area (TPSA) is 54.3 Å². The standard InChI is InChI=1S/C22H25F2N5O/c1-3-20(30)28-7-4-15(10-28)17-9-25-19(8-16(17)18-5-6-27(2)26-18)29-13-21(14-29)11-22(23,24)12-21/h3,5-6,8-9,15H,1,4,7,10-14H2,2H3. The van der Waals surface area contributed by atoms with Crippen molar-refractivity contribution >= 4 is 11.7 Å². The van der Waals surface area contributed by atoms with Gasteiger partial charge in [0, 0.05) is 75.4 Å². The molecule has 0 radical (unpaired) electrons. The fourth-order valence-corrected chi connectivity index (χ4v) is 5.27. The van der Waals surface area contributed by atoms with E-state index in [1.807, 2.05) is 36.5 Å². The molecule has 3 aliphatic rings. The molecule has 5 rings (SSSR count). The highest BCUT2D eigenvalue weighted by Gasteiger charge is 2.61. The number of anilines is 1. The Bertz CT molecular complexity index is 1000. The Balaban J connectivity index is 1.41. The highest BCUT2D eigenvalue weighted by Crippen LogP contribution is 2.57. The van der Waals surface area contributed by atoms with Crippen LogP contribution in [-0.2, 0) is 11.8 Å². The molecule has 1 spiro atoms. The molecule has 2 aromatic heterocycles. The molecule has 158 valence electrons. The van der Waals surface area contributed by atoms with Crippen molar-refractivity contribution in [2.45, 2.75) is 31.1 Å². The number of nitrogens with zero attached hydrogens (tertiary/aromatic N) is 5. The molecular weight excluding hydrogens is 388 g/mol. The average molecular weight is 413 g/mol. The van der Waals surface area contributed by atoms with Gasteiger partial charge in [-0.1, -0.05) is 6.58 Å². The quantitative estimate of drug-likeness (QED) is 0.723. The lowest BCUT2D eigenvalue weighted by atomic mass is 9.61. The zero-order valence-electron chi connectivity index (χ0n) is 17.0. The Morgan fingerprint density at radius 1 is 1.33 bits per heavy atom. The second-order valence-electron chi connectivity index (χ2n) is 9.04. The molecule has 1 saturated carbocycles. The third kappa shape index (κ3) is 3.18. The summed E-state index contributed by atoms with van der Waals surface area (Å²) in [6, 6.07) is 3.99. The molecule has 1 unspecified atom stereocenters. The molecule has 8 heteroatoms. The zero-order chi connectivity index (χ0) is 21.1. The predicted octanol–water partition coefficient (Wildman–Crippen LogP) is 3.22. The summed E-state index contributed by atoms with van der Waals surface area (Å²) in [6.45, 7) is 6.16. The van der Waals surface area contributed by atoms with Gasteiger partial charge in [0.25, 0.3) is 0 Å². The van der Waals surface area contributed by atoms with Gasteiger partial charge in [-0.3, -0.25) is 9.48 Å². The van der Waals surface area contributed by atoms with Crippen molar-refractivity contribution in [2.75, 3.05) is 31.1 Å². The summed E-state index contributed by atoms with van der Waals surface area (Å²) in [5, 5.41) is 4.58. The first-order chi connectivity index (χ1) is 14.3. The van der Waals surface area contributed by atoms with Crippen molar-refractivity contribution in [1.29, 1.82) is 0 Å². The van der Waals surface area contributed by atoms with Gasteiger partial charge in [-0.25, -0.2) is 13.8 Å². The van der Waals surface area contributed by atoms with E-state index < -0.39 is 5.92 Å². The van der Waals surface area contributed by atoms with Crippen LogP contribution in [0.5, 0.6) is 0 Å². The third-order valence-electron chi connectivity index (χ3n) is 6.67. The number of aromatic nitrogens is 3. The number of hydrogen-bond donors (Lipinski definition) is 0. The Morgan fingerprint density at radius 3 is 2.73 bits per heavy atom. The van der Waals surface area contributed by atoms with Crippen LogP contribution in [-0.4, -0.2) is 57.7 Å². The molecule has 1 amide bonds. The Hall–Kier alpha value is -2.77. The zero-order valence-corrected chi connectivity index (χ0v) is 17.0. The second kappa shape index (κ2) is 6.62. The summed E-state index contributed by atoms with van der Waals surface area (Å²) in [5.41, 5.74) is 2.68. The molecule has 0 aromatic carbocycles. The van der Waals surface area contributed by atoms with E-state index in [9.17, 15) is 13.6 Å². The number of aryl methyl sites for hydroxylation is 1. The Kier molecular flexibility index (Phi) is 4.24. The highest BCUT2D eigenvalue weighted by atomic mass is 19.3. The van der Waals surface area contributed by atoms with Crippen LogP contribution in [0.3, 0.4) is 0 Å². The maximum Gasteiger partial charge on any atom is 0.249 e. The van der Waals surface area contributed by atoms with E-state index in [0.717, 1.165) is 29.1 Å². The minimum Gasteiger partial charge on any atom is -0.355 e. The molecular formula is C22H25F2N5O. The van der Waals surface area contributed by atoms with Crippen LogP contribution in [0, 0.1) is 5.41 Å². The van der Waals surface area contributed by atoms with E-state index in [2.05, 4.69) is 21.6 Å². The fraction of sp³-hybridized carbons (Fsp3) is 0.500. The molecule has 1 atom stereocenters. The lowest BCUT2D eigenvalue weighted by Gasteiger charge is -2.59. The first kappa shape index (κ1) is 19.2. The second-order valence-corrected chi connectivity index (χ2v) is 9.04. The van der Waals surface area contributed by atoms with Gasteiger partial charge in [-0.2, -0.15) is 5.10 Å². The van der Waals surface area contributed by atoms with Crippen LogP contribution in [0.1, 0.15) is 30.7 Å². The molecule has 0 N–H and O–H groups in total. The predicted molar refractivity (Wildman–Crippen MR) is 109 cm³/mol. The highest BCUT2D eigenvalue weighted by molar-refractivity contribution is 5.87. The number of carbonyl (C=O) groups excluding carboxylic acids is 1. The van der Waals surface area contributed by atoms with Crippen molar-refractivity contribution in [1.82, 2.24) is 19.7 Å². The van der Waals surface area contributed by atoms with E-state index in [-0.39, 0.29) is 30.1 Å². The lowest BCUT2D eigenvalue weighted by molar-refractivity contribution is -0.170. The molecule has 0 bridgehead atoms. The third-order valence-corrected chi connectivity index (χ3v) is 6.67. The summed E-state index contributed by atoms with van der Waals surface area (Å²) in [4.78, 5) is 20.6. The van der Waals surface area contributed by atoms with Crippen LogP contribution in [0.15, 0.2) is 37.2 Å². The molecule has 2 saturated heterocycles. The summed E-state index contributed by atoms with van der Waals surface area (Å²) in [6.07, 6.45) is 5.96. The van der Waals surface area contributed by atoms with Crippen LogP contribution in [0.25, 0.3) is 11.3 Å². The summed E-state index contributed by atoms with van der Waals surface area (Å²) in [5.74, 6) is -1.57. The number of amides is 1. The van der Waals surface area contributed by atoms with Crippen molar-refractivity contribution in [3.63, 3.8) is 0 Å². The number of hydrogen-bond acceptors (Lipinski definition) is 4. The smallest absolute Gasteiger partial charge is 0.249 e. The van der Waals surface area contributed by atoms with Crippen LogP contribution < -0.4 is 4.90 Å². The maximum atomic E-state index is 13.3. The number of likely N-dealkylation sites (tertiary alicyclic amines) is 1. The van der Waals surface area contributed by atoms with Crippen molar-refractivity contribution in [3.8, 4) is 11.3 Å². The van der Waals surface area contributed by atoms with Gasteiger partial charge in [-0.05, 0) is 30.2 Å². The van der Waals surface area contributed by atoms with Gasteiger partial charge in [0.1, 0.15) is 5.82 Å². The van der Waals surface area contributed by atoms with Gasteiger partial charge >= 0.3 is 0 Å². The largest absolute Gasteiger partial charge is 0.355 e. The van der Waals surface area contributed by atoms with Gasteiger partial charge in [-0.15, -0.1) is 0 Å². The number of alkyl halides is 2. The summed E-state index contributed by atoms with van der Waals surface area (Å²) >= 11 is 0. The van der Waals surface area contributed by atoms with Gasteiger partial charge in [0.15, 0.2) is 0 Å². The Labute approximate surface area is 174 Å². The minimum absolute atomic E-state index is 0.0169. The minimum atomic E-state index is -2.50. The number of carbonyl (C=O) groups is 1. The number of pyridine rings is 1. The monoisotopic (exact) mass is 413 g/mol. The lowest BCUT2D eigenvalue weighted by Crippen LogP contribution is -2.66. The van der Waals surface area contributed by atoms with E-state index in [4.69, 9.17) is 0 Å². The number of halogens is 2. The summed E-state index contributed by atoms with van der Waals surface area (Å²) in [7, 11) is 1.88. The molecule has 2 aromatic rings. The van der Waals surface area contributed by atoms with E-state index in [0.29, 0.717) is 26.2 Å². The van der Waals surface area contributed by atoms with E-state index in [1.54, 1.807) is 4.68 Å². The first-order valence-corrected chi connectivity index (χ1v) is 10.3. The van der Waals surface area contributed by atoms with Crippen LogP contribution >= 0.6 is 0 Å². The van der Waals surface area contributed by atoms with Crippen LogP contribution in [0.4, 0.5) is 14.6 Å². The molecule has 3 fully saturated rings. The molecule has 30 heavy (non-hydrogen) atoms. The van der Waals surface area contributed by atoms with Gasteiger partial charge < -0.3 is 9.80 Å². The fourth-order valence-electron chi connectivity index (χ4n) is 5.27. The first-order valence-electron chi connectivity index (χ1n) is 10.3. The Morgan fingerprint density at radius 2 is 2.10 bits per heavy atom. The molecule has 2 aliphatic heterocycles. The van der Waals surface area contributed by atoms with Gasteiger partial charge in [0.2, 0.25) is 11.8 Å². The molecule has 1 aliphatic carbocycles. The molecule has 4 heterocycles. The summed E-state index contributed by atoms with van der Waals surface area (Å²) < 4.78 is 28.4. The van der Waals surface area contributed by atoms with Gasteiger partial charge in [0.05, 0.1) is 5.69 Å². The SMILES string of the molecule is C=CC(=O)N1CCC(c2cnc(N3CC4(C3)CC(F)(F)C4)cc2-c2ccn(C)n2)C1.